The largest absolute Gasteiger partial charge is 0.445 e. The fourth-order valence-electron chi connectivity index (χ4n) is 3.35. The molecule has 2 N–H and O–H groups in total. The standard InChI is InChI=1S/C19H25N3O7S2/c1-11(18(25)20-10-23)17(30)16-7-15(31-12(2)24)8-21(16)19(26)29-9-13-3-5-14(6-4-13)22(27)28/h3-6,11,15-17,23,30H,7-10H2,1-2H3,(H,20,25). The molecular formula is C19H25N3O7S2. The number of thioether (sulfide) groups is 1. The van der Waals surface area contributed by atoms with Crippen LogP contribution in [-0.2, 0) is 20.9 Å². The number of hydrogen-bond donors (Lipinski definition) is 3. The Labute approximate surface area is 189 Å². The predicted octanol–water partition coefficient (Wildman–Crippen LogP) is 1.95. The SMILES string of the molecule is CC(=O)SC1CC(C(S)C(C)C(=O)NCO)N(C(=O)OCc2ccc([N+](=O)[O-])cc2)C1. The molecular weight excluding hydrogens is 446 g/mol. The molecule has 0 spiro atoms. The number of carbonyl (C=O) groups excluding carboxylic acids is 3. The van der Waals surface area contributed by atoms with Crippen molar-refractivity contribution in [2.24, 2.45) is 5.92 Å². The quantitative estimate of drug-likeness (QED) is 0.226. The number of likely N-dealkylation sites (tertiary alicyclic amines) is 1. The number of aliphatic hydroxyl groups is 1. The molecule has 0 radical (unpaired) electrons. The van der Waals surface area contributed by atoms with E-state index in [1.807, 2.05) is 0 Å². The van der Waals surface area contributed by atoms with Crippen LogP contribution in [0.25, 0.3) is 0 Å². The number of nitro groups is 1. The van der Waals surface area contributed by atoms with Crippen molar-refractivity contribution in [3.05, 3.63) is 39.9 Å². The van der Waals surface area contributed by atoms with Gasteiger partial charge in [0.1, 0.15) is 13.3 Å². The summed E-state index contributed by atoms with van der Waals surface area (Å²) < 4.78 is 5.38. The second-order valence-electron chi connectivity index (χ2n) is 7.14. The van der Waals surface area contributed by atoms with Gasteiger partial charge in [0.2, 0.25) is 5.91 Å². The molecule has 1 heterocycles. The van der Waals surface area contributed by atoms with E-state index in [1.54, 1.807) is 6.92 Å². The zero-order chi connectivity index (χ0) is 23.1. The first-order chi connectivity index (χ1) is 14.6. The van der Waals surface area contributed by atoms with E-state index in [9.17, 15) is 24.5 Å². The highest BCUT2D eigenvalue weighted by molar-refractivity contribution is 8.14. The lowest BCUT2D eigenvalue weighted by molar-refractivity contribution is -0.384. The number of thiol groups is 1. The minimum absolute atomic E-state index is 0.0631. The van der Waals surface area contributed by atoms with Crippen molar-refractivity contribution in [3.8, 4) is 0 Å². The zero-order valence-electron chi connectivity index (χ0n) is 17.1. The van der Waals surface area contributed by atoms with Gasteiger partial charge in [0.05, 0.1) is 4.92 Å². The van der Waals surface area contributed by atoms with Gasteiger partial charge in [-0.2, -0.15) is 12.6 Å². The summed E-state index contributed by atoms with van der Waals surface area (Å²) in [7, 11) is 0. The lowest BCUT2D eigenvalue weighted by atomic mass is 9.98. The van der Waals surface area contributed by atoms with Gasteiger partial charge in [0.15, 0.2) is 5.12 Å². The summed E-state index contributed by atoms with van der Waals surface area (Å²) in [6.07, 6.45) is -0.161. The number of hydrogen-bond acceptors (Lipinski definition) is 9. The van der Waals surface area contributed by atoms with E-state index in [-0.39, 0.29) is 29.2 Å². The minimum Gasteiger partial charge on any atom is -0.445 e. The molecule has 4 unspecified atom stereocenters. The van der Waals surface area contributed by atoms with Crippen LogP contribution in [0.3, 0.4) is 0 Å². The van der Waals surface area contributed by atoms with Gasteiger partial charge in [0, 0.05) is 48.1 Å². The average molecular weight is 472 g/mol. The number of carbonyl (C=O) groups is 3. The first kappa shape index (κ1) is 25.0. The summed E-state index contributed by atoms with van der Waals surface area (Å²) in [5.74, 6) is -1.00. The number of nitrogens with one attached hydrogen (secondary N) is 1. The smallest absolute Gasteiger partial charge is 0.410 e. The van der Waals surface area contributed by atoms with Crippen molar-refractivity contribution in [1.29, 1.82) is 0 Å². The summed E-state index contributed by atoms with van der Waals surface area (Å²) in [5.41, 5.74) is 0.523. The fraction of sp³-hybridized carbons (Fsp3) is 0.526. The Kier molecular flexibility index (Phi) is 9.14. The normalized spacial score (nSPS) is 20.1. The van der Waals surface area contributed by atoms with Crippen molar-refractivity contribution >= 4 is 47.2 Å². The van der Waals surface area contributed by atoms with Gasteiger partial charge in [-0.05, 0) is 24.1 Å². The van der Waals surface area contributed by atoms with Gasteiger partial charge in [-0.1, -0.05) is 18.7 Å². The van der Waals surface area contributed by atoms with Gasteiger partial charge in [0.25, 0.3) is 5.69 Å². The molecule has 0 bridgehead atoms. The van der Waals surface area contributed by atoms with Crippen LogP contribution in [0.2, 0.25) is 0 Å². The van der Waals surface area contributed by atoms with Crippen molar-refractivity contribution in [3.63, 3.8) is 0 Å². The van der Waals surface area contributed by atoms with Gasteiger partial charge >= 0.3 is 6.09 Å². The van der Waals surface area contributed by atoms with E-state index in [1.165, 1.54) is 36.1 Å². The summed E-state index contributed by atoms with van der Waals surface area (Å²) in [4.78, 5) is 48.1. The number of rotatable bonds is 8. The van der Waals surface area contributed by atoms with Gasteiger partial charge in [-0.3, -0.25) is 19.7 Å². The number of nitrogens with zero attached hydrogens (tertiary/aromatic N) is 2. The molecule has 2 rings (SSSR count). The number of benzene rings is 1. The van der Waals surface area contributed by atoms with Gasteiger partial charge in [-0.15, -0.1) is 0 Å². The molecule has 0 saturated carbocycles. The molecule has 1 fully saturated rings. The van der Waals surface area contributed by atoms with Gasteiger partial charge < -0.3 is 20.1 Å². The van der Waals surface area contributed by atoms with Crippen LogP contribution in [0.4, 0.5) is 10.5 Å². The highest BCUT2D eigenvalue weighted by atomic mass is 32.2. The number of nitro benzene ring substituents is 1. The number of non-ortho nitro benzene ring substituents is 1. The van der Waals surface area contributed by atoms with E-state index in [2.05, 4.69) is 17.9 Å². The van der Waals surface area contributed by atoms with Crippen LogP contribution in [0.15, 0.2) is 24.3 Å². The maximum atomic E-state index is 12.8. The Morgan fingerprint density at radius 2 is 2.03 bits per heavy atom. The average Bonchev–Trinajstić information content (AvgIpc) is 3.14. The molecule has 1 aliphatic rings. The van der Waals surface area contributed by atoms with E-state index in [0.29, 0.717) is 12.0 Å². The molecule has 2 amide bonds. The summed E-state index contributed by atoms with van der Waals surface area (Å²) in [5, 5.41) is 21.2. The van der Waals surface area contributed by atoms with Crippen molar-refractivity contribution in [2.75, 3.05) is 13.3 Å². The number of ether oxygens (including phenoxy) is 1. The van der Waals surface area contributed by atoms with E-state index < -0.39 is 40.9 Å². The Bertz CT molecular complexity index is 821. The molecule has 10 nitrogen and oxygen atoms in total. The summed E-state index contributed by atoms with van der Waals surface area (Å²) in [6.45, 7) is 2.78. The molecule has 1 aliphatic heterocycles. The Morgan fingerprint density at radius 1 is 1.39 bits per heavy atom. The van der Waals surface area contributed by atoms with Crippen LogP contribution in [0.1, 0.15) is 25.8 Å². The van der Waals surface area contributed by atoms with E-state index in [4.69, 9.17) is 9.84 Å². The maximum Gasteiger partial charge on any atom is 0.410 e. The van der Waals surface area contributed by atoms with Crippen LogP contribution in [0, 0.1) is 16.0 Å². The lowest BCUT2D eigenvalue weighted by Gasteiger charge is -2.31. The third kappa shape index (κ3) is 6.84. The van der Waals surface area contributed by atoms with Crippen LogP contribution in [-0.4, -0.2) is 61.9 Å². The minimum atomic E-state index is -0.621. The monoisotopic (exact) mass is 471 g/mol. The molecule has 0 aliphatic carbocycles. The maximum absolute atomic E-state index is 12.8. The third-order valence-corrected chi connectivity index (χ3v) is 6.75. The molecule has 12 heteroatoms. The van der Waals surface area contributed by atoms with Gasteiger partial charge in [-0.25, -0.2) is 4.79 Å². The van der Waals surface area contributed by atoms with Crippen molar-refractivity contribution in [1.82, 2.24) is 10.2 Å². The third-order valence-electron chi connectivity index (χ3n) is 4.96. The van der Waals surface area contributed by atoms with E-state index >= 15 is 0 Å². The molecule has 1 aromatic rings. The molecule has 31 heavy (non-hydrogen) atoms. The van der Waals surface area contributed by atoms with Crippen LogP contribution < -0.4 is 5.32 Å². The zero-order valence-corrected chi connectivity index (χ0v) is 18.8. The molecule has 1 saturated heterocycles. The Morgan fingerprint density at radius 3 is 2.58 bits per heavy atom. The second kappa shape index (κ2) is 11.3. The fourth-order valence-corrected chi connectivity index (χ4v) is 4.76. The van der Waals surface area contributed by atoms with Crippen molar-refractivity contribution < 1.29 is 29.2 Å². The summed E-state index contributed by atoms with van der Waals surface area (Å²) in [6, 6.07) is 5.21. The highest BCUT2D eigenvalue weighted by Gasteiger charge is 2.43. The van der Waals surface area contributed by atoms with Crippen LogP contribution >= 0.6 is 24.4 Å². The molecule has 1 aromatic carbocycles. The first-order valence-electron chi connectivity index (χ1n) is 9.54. The highest BCUT2D eigenvalue weighted by Crippen LogP contribution is 2.34. The number of amides is 2. The Hall–Kier alpha value is -2.31. The molecule has 170 valence electrons. The summed E-state index contributed by atoms with van der Waals surface area (Å²) >= 11 is 5.68. The predicted molar refractivity (Wildman–Crippen MR) is 118 cm³/mol. The lowest BCUT2D eigenvalue weighted by Crippen LogP contribution is -2.46. The molecule has 4 atom stereocenters. The first-order valence-corrected chi connectivity index (χ1v) is 10.9. The second-order valence-corrected chi connectivity index (χ2v) is 9.22. The topological polar surface area (TPSA) is 139 Å². The number of aliphatic hydroxyl groups excluding tert-OH is 1. The van der Waals surface area contributed by atoms with Crippen LogP contribution in [0.5, 0.6) is 0 Å². The Balaban J connectivity index is 2.08. The van der Waals surface area contributed by atoms with Crippen molar-refractivity contribution in [2.45, 2.75) is 43.4 Å². The van der Waals surface area contributed by atoms with E-state index in [0.717, 1.165) is 11.8 Å². The molecule has 0 aromatic heterocycles.